The molecule has 1 aliphatic heterocycles. The summed E-state index contributed by atoms with van der Waals surface area (Å²) in [6.07, 6.45) is 1.84. The second-order valence-corrected chi connectivity index (χ2v) is 8.13. The van der Waals surface area contributed by atoms with Crippen LogP contribution in [0.2, 0.25) is 0 Å². The van der Waals surface area contributed by atoms with Gasteiger partial charge in [0.15, 0.2) is 5.96 Å². The molecule has 2 aromatic rings. The lowest BCUT2D eigenvalue weighted by molar-refractivity contribution is 0.0531. The van der Waals surface area contributed by atoms with Crippen LogP contribution in [0.25, 0.3) is 0 Å². The number of esters is 1. The lowest BCUT2D eigenvalue weighted by Crippen LogP contribution is -2.38. The number of hydrogen-bond acceptors (Lipinski definition) is 6. The average molecular weight is 431 g/mol. The summed E-state index contributed by atoms with van der Waals surface area (Å²) in [5.74, 6) is 1.43. The number of aromatic nitrogens is 1. The zero-order chi connectivity index (χ0) is 21.5. The monoisotopic (exact) mass is 430 g/mol. The summed E-state index contributed by atoms with van der Waals surface area (Å²) in [4.78, 5) is 21.9. The van der Waals surface area contributed by atoms with Crippen molar-refractivity contribution >= 4 is 23.3 Å². The third-order valence-corrected chi connectivity index (χ3v) is 6.09. The maximum atomic E-state index is 12.1. The van der Waals surface area contributed by atoms with E-state index in [0.29, 0.717) is 23.7 Å². The van der Waals surface area contributed by atoms with Crippen LogP contribution in [0.4, 0.5) is 0 Å². The molecule has 1 atom stereocenters. The number of aliphatic imine (C=N–C) groups is 1. The molecule has 1 aromatic heterocycles. The lowest BCUT2D eigenvalue weighted by Gasteiger charge is -2.16. The van der Waals surface area contributed by atoms with Gasteiger partial charge in [-0.3, -0.25) is 4.99 Å². The van der Waals surface area contributed by atoms with Gasteiger partial charge in [-0.25, -0.2) is 9.78 Å². The van der Waals surface area contributed by atoms with Crippen molar-refractivity contribution in [3.8, 4) is 5.75 Å². The largest absolute Gasteiger partial charge is 0.493 e. The maximum Gasteiger partial charge on any atom is 0.350 e. The summed E-state index contributed by atoms with van der Waals surface area (Å²) in [5, 5.41) is 7.50. The standard InChI is InChI=1S/C22H30N4O3S/c1-5-23-22(24-11-9-16-7-8-18-17(13-16)10-12-29-18)26-15(4)20-25-14(3)19(30-20)21(27)28-6-2/h7-8,13,15H,5-6,9-12H2,1-4H3,(H2,23,24,26). The normalized spacial score (nSPS) is 14.1. The number of guanidine groups is 1. The Kier molecular flexibility index (Phi) is 7.68. The van der Waals surface area contributed by atoms with Gasteiger partial charge in [-0.2, -0.15) is 0 Å². The van der Waals surface area contributed by atoms with Crippen molar-refractivity contribution in [1.29, 1.82) is 0 Å². The van der Waals surface area contributed by atoms with Gasteiger partial charge in [0.2, 0.25) is 0 Å². The second kappa shape index (κ2) is 10.4. The average Bonchev–Trinajstić information content (AvgIpc) is 3.34. The summed E-state index contributed by atoms with van der Waals surface area (Å²) >= 11 is 1.37. The van der Waals surface area contributed by atoms with Gasteiger partial charge >= 0.3 is 5.97 Å². The number of nitrogens with one attached hydrogen (secondary N) is 2. The Morgan fingerprint density at radius 3 is 3.00 bits per heavy atom. The van der Waals surface area contributed by atoms with Crippen molar-refractivity contribution in [3.63, 3.8) is 0 Å². The number of hydrogen-bond donors (Lipinski definition) is 2. The van der Waals surface area contributed by atoms with Crippen molar-refractivity contribution in [2.75, 3.05) is 26.3 Å². The third kappa shape index (κ3) is 5.50. The molecule has 1 unspecified atom stereocenters. The first-order valence-corrected chi connectivity index (χ1v) is 11.3. The van der Waals surface area contributed by atoms with Crippen LogP contribution < -0.4 is 15.4 Å². The highest BCUT2D eigenvalue weighted by Gasteiger charge is 2.20. The first-order valence-electron chi connectivity index (χ1n) is 10.5. The number of thiazole rings is 1. The molecule has 0 aliphatic carbocycles. The van der Waals surface area contributed by atoms with Crippen molar-refractivity contribution in [2.45, 2.75) is 46.6 Å². The van der Waals surface area contributed by atoms with Gasteiger partial charge < -0.3 is 20.1 Å². The van der Waals surface area contributed by atoms with Gasteiger partial charge in [0.1, 0.15) is 15.6 Å². The zero-order valence-electron chi connectivity index (χ0n) is 18.1. The van der Waals surface area contributed by atoms with E-state index in [-0.39, 0.29) is 12.0 Å². The molecule has 30 heavy (non-hydrogen) atoms. The van der Waals surface area contributed by atoms with E-state index in [1.807, 2.05) is 20.8 Å². The molecule has 0 saturated carbocycles. The summed E-state index contributed by atoms with van der Waals surface area (Å²) in [6, 6.07) is 6.30. The molecular formula is C22H30N4O3S. The van der Waals surface area contributed by atoms with Crippen molar-refractivity contribution in [1.82, 2.24) is 15.6 Å². The first-order chi connectivity index (χ1) is 14.5. The van der Waals surface area contributed by atoms with E-state index in [0.717, 1.165) is 42.7 Å². The topological polar surface area (TPSA) is 84.8 Å². The van der Waals surface area contributed by atoms with E-state index in [2.05, 4.69) is 33.8 Å². The smallest absolute Gasteiger partial charge is 0.350 e. The molecule has 2 heterocycles. The Morgan fingerprint density at radius 2 is 2.23 bits per heavy atom. The number of nitrogens with zero attached hydrogens (tertiary/aromatic N) is 2. The second-order valence-electron chi connectivity index (χ2n) is 7.10. The maximum absolute atomic E-state index is 12.1. The van der Waals surface area contributed by atoms with Crippen LogP contribution in [0.3, 0.4) is 0 Å². The summed E-state index contributed by atoms with van der Waals surface area (Å²) in [5.41, 5.74) is 3.25. The summed E-state index contributed by atoms with van der Waals surface area (Å²) in [6.45, 7) is 10.3. The highest BCUT2D eigenvalue weighted by Crippen LogP contribution is 2.26. The fourth-order valence-corrected chi connectivity index (χ4v) is 4.23. The molecule has 1 aliphatic rings. The first kappa shape index (κ1) is 22.1. The Hall–Kier alpha value is -2.61. The van der Waals surface area contributed by atoms with Crippen LogP contribution in [0.5, 0.6) is 5.75 Å². The third-order valence-electron chi connectivity index (χ3n) is 4.77. The van der Waals surface area contributed by atoms with Crippen LogP contribution >= 0.6 is 11.3 Å². The van der Waals surface area contributed by atoms with E-state index in [4.69, 9.17) is 14.5 Å². The fraction of sp³-hybridized carbons (Fsp3) is 0.500. The minimum atomic E-state index is -0.314. The molecule has 162 valence electrons. The van der Waals surface area contributed by atoms with Crippen LogP contribution in [0.1, 0.15) is 58.3 Å². The molecule has 2 N–H and O–H groups in total. The molecule has 8 heteroatoms. The van der Waals surface area contributed by atoms with Crippen LogP contribution in [-0.4, -0.2) is 43.2 Å². The SMILES string of the molecule is CCNC(=NCCc1ccc2c(c1)CCO2)NC(C)c1nc(C)c(C(=O)OCC)s1. The van der Waals surface area contributed by atoms with Gasteiger partial charge in [0.05, 0.1) is 24.9 Å². The number of benzene rings is 1. The Labute approximate surface area is 181 Å². The highest BCUT2D eigenvalue weighted by atomic mass is 32.1. The molecule has 0 fully saturated rings. The van der Waals surface area contributed by atoms with Crippen LogP contribution in [0.15, 0.2) is 23.2 Å². The summed E-state index contributed by atoms with van der Waals surface area (Å²) in [7, 11) is 0. The predicted molar refractivity (Wildman–Crippen MR) is 120 cm³/mol. The van der Waals surface area contributed by atoms with Gasteiger partial charge in [-0.1, -0.05) is 12.1 Å². The Bertz CT molecular complexity index is 910. The van der Waals surface area contributed by atoms with Crippen molar-refractivity contribution < 1.29 is 14.3 Å². The number of fused-ring (bicyclic) bond motifs is 1. The molecule has 0 amide bonds. The number of carbonyl (C=O) groups excluding carboxylic acids is 1. The quantitative estimate of drug-likeness (QED) is 0.379. The predicted octanol–water partition coefficient (Wildman–Crippen LogP) is 3.42. The molecule has 0 bridgehead atoms. The summed E-state index contributed by atoms with van der Waals surface area (Å²) < 4.78 is 10.7. The molecule has 1 aromatic carbocycles. The van der Waals surface area contributed by atoms with E-state index in [9.17, 15) is 4.79 Å². The van der Waals surface area contributed by atoms with Gasteiger partial charge in [0, 0.05) is 19.5 Å². The number of ether oxygens (including phenoxy) is 2. The lowest BCUT2D eigenvalue weighted by atomic mass is 10.1. The minimum Gasteiger partial charge on any atom is -0.493 e. The van der Waals surface area contributed by atoms with Gasteiger partial charge in [0.25, 0.3) is 0 Å². The Balaban J connectivity index is 1.61. The van der Waals surface area contributed by atoms with Gasteiger partial charge in [-0.15, -0.1) is 11.3 Å². The van der Waals surface area contributed by atoms with E-state index >= 15 is 0 Å². The van der Waals surface area contributed by atoms with Crippen LogP contribution in [0, 0.1) is 6.92 Å². The minimum absolute atomic E-state index is 0.0770. The van der Waals surface area contributed by atoms with E-state index in [1.54, 1.807) is 6.92 Å². The highest BCUT2D eigenvalue weighted by molar-refractivity contribution is 7.13. The van der Waals surface area contributed by atoms with Crippen molar-refractivity contribution in [2.24, 2.45) is 4.99 Å². The van der Waals surface area contributed by atoms with Crippen LogP contribution in [-0.2, 0) is 17.6 Å². The molecule has 7 nitrogen and oxygen atoms in total. The van der Waals surface area contributed by atoms with E-state index in [1.165, 1.54) is 22.5 Å². The molecule has 0 radical (unpaired) electrons. The number of rotatable bonds is 8. The fourth-order valence-electron chi connectivity index (χ4n) is 3.27. The van der Waals surface area contributed by atoms with E-state index < -0.39 is 0 Å². The molecule has 3 rings (SSSR count). The Morgan fingerprint density at radius 1 is 1.40 bits per heavy atom. The van der Waals surface area contributed by atoms with Gasteiger partial charge in [-0.05, 0) is 51.3 Å². The van der Waals surface area contributed by atoms with Crippen molar-refractivity contribution in [3.05, 3.63) is 44.9 Å². The number of carbonyl (C=O) groups is 1. The molecule has 0 saturated heterocycles. The zero-order valence-corrected chi connectivity index (χ0v) is 18.9. The molecular weight excluding hydrogens is 400 g/mol. The number of aryl methyl sites for hydroxylation is 1. The molecule has 0 spiro atoms.